The largest absolute Gasteiger partial charge is 0.440 e. The summed E-state index contributed by atoms with van der Waals surface area (Å²) in [5.41, 5.74) is 1.04. The van der Waals surface area contributed by atoms with Crippen LogP contribution in [0.5, 0.6) is 0 Å². The van der Waals surface area contributed by atoms with Gasteiger partial charge < -0.3 is 15.0 Å². The number of benzene rings is 1. The molecule has 0 radical (unpaired) electrons. The maximum Gasteiger partial charge on any atom is 0.422 e. The van der Waals surface area contributed by atoms with Gasteiger partial charge >= 0.3 is 12.3 Å². The standard InChI is InChI=1S/C20H27F3N2O3/c1-14(2)12-17(15-6-4-3-5-7-15)24-18(26)16-8-10-25(11-9-16)19(27)28-13-20(21,22)23/h3-7,14,16-17H,8-13H2,1-2H3,(H,24,26)/t17-/m0/s1. The Morgan fingerprint density at radius 3 is 2.32 bits per heavy atom. The van der Waals surface area contributed by atoms with E-state index in [0.29, 0.717) is 18.8 Å². The van der Waals surface area contributed by atoms with Crippen LogP contribution >= 0.6 is 0 Å². The van der Waals surface area contributed by atoms with E-state index in [4.69, 9.17) is 0 Å². The first kappa shape index (κ1) is 22.0. The number of alkyl halides is 3. The molecular weight excluding hydrogens is 373 g/mol. The lowest BCUT2D eigenvalue weighted by Gasteiger charge is -2.32. The highest BCUT2D eigenvalue weighted by molar-refractivity contribution is 5.79. The highest BCUT2D eigenvalue weighted by Crippen LogP contribution is 2.24. The lowest BCUT2D eigenvalue weighted by Crippen LogP contribution is -2.44. The number of halogens is 3. The summed E-state index contributed by atoms with van der Waals surface area (Å²) in [6.07, 6.45) is -3.93. The van der Waals surface area contributed by atoms with E-state index in [1.165, 1.54) is 4.90 Å². The molecule has 1 N–H and O–H groups in total. The van der Waals surface area contributed by atoms with Gasteiger partial charge in [0.2, 0.25) is 5.91 Å². The normalized spacial score (nSPS) is 16.7. The van der Waals surface area contributed by atoms with E-state index >= 15 is 0 Å². The molecule has 156 valence electrons. The molecule has 1 aliphatic heterocycles. The van der Waals surface area contributed by atoms with E-state index in [9.17, 15) is 22.8 Å². The van der Waals surface area contributed by atoms with E-state index < -0.39 is 18.9 Å². The fourth-order valence-corrected chi connectivity index (χ4v) is 3.28. The van der Waals surface area contributed by atoms with Gasteiger partial charge in [0.1, 0.15) is 0 Å². The number of likely N-dealkylation sites (tertiary alicyclic amines) is 1. The van der Waals surface area contributed by atoms with Crippen LogP contribution in [0.2, 0.25) is 0 Å². The van der Waals surface area contributed by atoms with Crippen molar-refractivity contribution in [3.63, 3.8) is 0 Å². The molecule has 0 bridgehead atoms. The van der Waals surface area contributed by atoms with E-state index in [2.05, 4.69) is 23.9 Å². The average molecular weight is 400 g/mol. The van der Waals surface area contributed by atoms with Crippen LogP contribution in [0.25, 0.3) is 0 Å². The number of carbonyl (C=O) groups excluding carboxylic acids is 2. The van der Waals surface area contributed by atoms with Crippen molar-refractivity contribution >= 4 is 12.0 Å². The monoisotopic (exact) mass is 400 g/mol. The topological polar surface area (TPSA) is 58.6 Å². The first-order valence-corrected chi connectivity index (χ1v) is 9.49. The van der Waals surface area contributed by atoms with E-state index in [-0.39, 0.29) is 31.0 Å². The zero-order valence-electron chi connectivity index (χ0n) is 16.2. The Balaban J connectivity index is 1.87. The molecule has 0 saturated carbocycles. The summed E-state index contributed by atoms with van der Waals surface area (Å²) in [7, 11) is 0. The fraction of sp³-hybridized carbons (Fsp3) is 0.600. The summed E-state index contributed by atoms with van der Waals surface area (Å²) in [5, 5.41) is 3.10. The van der Waals surface area contributed by atoms with Gasteiger partial charge in [-0.15, -0.1) is 0 Å². The van der Waals surface area contributed by atoms with Gasteiger partial charge in [0.25, 0.3) is 0 Å². The Labute approximate surface area is 163 Å². The summed E-state index contributed by atoms with van der Waals surface area (Å²) < 4.78 is 40.7. The first-order chi connectivity index (χ1) is 13.2. The van der Waals surface area contributed by atoms with E-state index in [1.807, 2.05) is 30.3 Å². The van der Waals surface area contributed by atoms with Crippen molar-refractivity contribution in [3.05, 3.63) is 35.9 Å². The van der Waals surface area contributed by atoms with Gasteiger partial charge in [0, 0.05) is 19.0 Å². The number of hydrogen-bond acceptors (Lipinski definition) is 3. The molecule has 1 heterocycles. The quantitative estimate of drug-likeness (QED) is 0.775. The average Bonchev–Trinajstić information content (AvgIpc) is 2.65. The molecule has 1 fully saturated rings. The Hall–Kier alpha value is -2.25. The molecule has 28 heavy (non-hydrogen) atoms. The summed E-state index contributed by atoms with van der Waals surface area (Å²) in [6, 6.07) is 9.65. The van der Waals surface area contributed by atoms with Gasteiger partial charge in [-0.2, -0.15) is 13.2 Å². The first-order valence-electron chi connectivity index (χ1n) is 9.49. The maximum absolute atomic E-state index is 12.7. The third kappa shape index (κ3) is 7.05. The van der Waals surface area contributed by atoms with Crippen LogP contribution in [0.3, 0.4) is 0 Å². The van der Waals surface area contributed by atoms with Crippen molar-refractivity contribution < 1.29 is 27.5 Å². The third-order valence-electron chi connectivity index (χ3n) is 4.71. The molecule has 2 rings (SSSR count). The van der Waals surface area contributed by atoms with Gasteiger partial charge in [0.15, 0.2) is 6.61 Å². The predicted octanol–water partition coefficient (Wildman–Crippen LogP) is 4.30. The van der Waals surface area contributed by atoms with Gasteiger partial charge in [-0.3, -0.25) is 4.79 Å². The third-order valence-corrected chi connectivity index (χ3v) is 4.71. The van der Waals surface area contributed by atoms with Crippen LogP contribution in [-0.4, -0.2) is 42.8 Å². The fourth-order valence-electron chi connectivity index (χ4n) is 3.28. The van der Waals surface area contributed by atoms with E-state index in [0.717, 1.165) is 12.0 Å². The van der Waals surface area contributed by atoms with Gasteiger partial charge in [0.05, 0.1) is 6.04 Å². The summed E-state index contributed by atoms with van der Waals surface area (Å²) >= 11 is 0. The van der Waals surface area contributed by atoms with Gasteiger partial charge in [-0.1, -0.05) is 44.2 Å². The lowest BCUT2D eigenvalue weighted by atomic mass is 9.93. The maximum atomic E-state index is 12.7. The highest BCUT2D eigenvalue weighted by atomic mass is 19.4. The van der Waals surface area contributed by atoms with Crippen LogP contribution in [0, 0.1) is 11.8 Å². The summed E-state index contributed by atoms with van der Waals surface area (Å²) in [4.78, 5) is 25.6. The molecule has 1 aromatic rings. The number of ether oxygens (including phenoxy) is 1. The molecule has 1 aromatic carbocycles. The number of nitrogens with one attached hydrogen (secondary N) is 1. The minimum absolute atomic E-state index is 0.0854. The Kier molecular flexibility index (Phi) is 7.71. The Bertz CT molecular complexity index is 642. The number of amides is 2. The molecule has 0 unspecified atom stereocenters. The minimum atomic E-state index is -4.54. The molecular formula is C20H27F3N2O3. The second-order valence-corrected chi connectivity index (χ2v) is 7.53. The van der Waals surface area contributed by atoms with Gasteiger partial charge in [-0.05, 0) is 30.7 Å². The molecule has 1 saturated heterocycles. The van der Waals surface area contributed by atoms with Crippen molar-refractivity contribution in [3.8, 4) is 0 Å². The van der Waals surface area contributed by atoms with Crippen molar-refractivity contribution in [1.29, 1.82) is 0 Å². The smallest absolute Gasteiger partial charge is 0.422 e. The van der Waals surface area contributed by atoms with E-state index in [1.54, 1.807) is 0 Å². The lowest BCUT2D eigenvalue weighted by molar-refractivity contribution is -0.162. The van der Waals surface area contributed by atoms with Gasteiger partial charge in [-0.25, -0.2) is 4.79 Å². The second-order valence-electron chi connectivity index (χ2n) is 7.53. The summed E-state index contributed by atoms with van der Waals surface area (Å²) in [6.45, 7) is 2.99. The highest BCUT2D eigenvalue weighted by Gasteiger charge is 2.33. The minimum Gasteiger partial charge on any atom is -0.440 e. The van der Waals surface area contributed by atoms with Crippen LogP contribution in [0.15, 0.2) is 30.3 Å². The number of nitrogens with zero attached hydrogens (tertiary/aromatic N) is 1. The van der Waals surface area contributed by atoms with Crippen LogP contribution in [0.4, 0.5) is 18.0 Å². The second kappa shape index (κ2) is 9.80. The molecule has 0 aromatic heterocycles. The van der Waals surface area contributed by atoms with Crippen molar-refractivity contribution in [2.24, 2.45) is 11.8 Å². The molecule has 5 nitrogen and oxygen atoms in total. The number of rotatable bonds is 6. The van der Waals surface area contributed by atoms with Crippen molar-refractivity contribution in [2.45, 2.75) is 45.3 Å². The van der Waals surface area contributed by atoms with Crippen LogP contribution in [0.1, 0.15) is 44.7 Å². The number of piperidine rings is 1. The van der Waals surface area contributed by atoms with Crippen molar-refractivity contribution in [2.75, 3.05) is 19.7 Å². The molecule has 8 heteroatoms. The summed E-state index contributed by atoms with van der Waals surface area (Å²) in [5.74, 6) is 0.0404. The van der Waals surface area contributed by atoms with Crippen molar-refractivity contribution in [1.82, 2.24) is 10.2 Å². The zero-order valence-corrected chi connectivity index (χ0v) is 16.2. The molecule has 2 amide bonds. The number of hydrogen-bond donors (Lipinski definition) is 1. The molecule has 0 aliphatic carbocycles. The van der Waals surface area contributed by atoms with Crippen LogP contribution < -0.4 is 5.32 Å². The predicted molar refractivity (Wildman–Crippen MR) is 98.5 cm³/mol. The zero-order chi connectivity index (χ0) is 20.7. The number of carbonyl (C=O) groups is 2. The molecule has 1 aliphatic rings. The Morgan fingerprint density at radius 2 is 1.79 bits per heavy atom. The van der Waals surface area contributed by atoms with Crippen LogP contribution in [-0.2, 0) is 9.53 Å². The SMILES string of the molecule is CC(C)C[C@H](NC(=O)C1CCN(C(=O)OCC(F)(F)F)CC1)c1ccccc1. The molecule has 1 atom stereocenters. The molecule has 0 spiro atoms. The Morgan fingerprint density at radius 1 is 1.18 bits per heavy atom.